The van der Waals surface area contributed by atoms with Gasteiger partial charge in [-0.25, -0.2) is 9.59 Å². The molecule has 5 atom stereocenters. The number of hydrogen-bond acceptors (Lipinski definition) is 9. The fourth-order valence-corrected chi connectivity index (χ4v) is 7.05. The maximum atomic E-state index is 12.9. The van der Waals surface area contributed by atoms with Crippen LogP contribution in [0.3, 0.4) is 0 Å². The summed E-state index contributed by atoms with van der Waals surface area (Å²) in [6.07, 6.45) is 7.76. The minimum Gasteiger partial charge on any atom is -0.495 e. The van der Waals surface area contributed by atoms with E-state index in [2.05, 4.69) is 10.6 Å². The van der Waals surface area contributed by atoms with Crippen molar-refractivity contribution in [1.82, 2.24) is 15.5 Å². The van der Waals surface area contributed by atoms with Crippen molar-refractivity contribution >= 4 is 41.2 Å². The predicted octanol–water partition coefficient (Wildman–Crippen LogP) is 4.76. The number of hydrogen-bond donors (Lipinski definition) is 4. The largest absolute Gasteiger partial charge is 0.495 e. The number of aliphatic hydroxyl groups is 1. The Bertz CT molecular complexity index is 1780. The van der Waals surface area contributed by atoms with Crippen molar-refractivity contribution < 1.29 is 43.6 Å². The number of nitrogens with zero attached hydrogens (tertiary/aromatic N) is 2. The number of methoxy groups -OCH3 is 1. The number of halogens is 1. The van der Waals surface area contributed by atoms with Crippen molar-refractivity contribution in [1.29, 1.82) is 0 Å². The molecule has 0 aliphatic carbocycles. The lowest BCUT2D eigenvalue weighted by Crippen LogP contribution is -2.56. The molecule has 4 bridgehead atoms. The summed E-state index contributed by atoms with van der Waals surface area (Å²) >= 11 is 6.54. The molecule has 3 amide bonds. The molecule has 4 heterocycles. The molecule has 2 aromatic carbocycles. The molecule has 53 heavy (non-hydrogen) atoms. The molecule has 0 radical (unpaired) electrons. The zero-order chi connectivity index (χ0) is 38.4. The molecule has 14 heteroatoms. The Labute approximate surface area is 314 Å². The SMILES string of the molecule is COc1cc2cc(c1Cl)N(C)C(=O)CCC1O[C@H]1CC1C[C@](O)(C/C=C/C=C(\C)C2)NC(=O)O1.C[C@@H](C(=O)O)N(C)C(=O)c1ccc2c(c1)CCNC2. The first-order valence-corrected chi connectivity index (χ1v) is 18.2. The van der Waals surface area contributed by atoms with E-state index in [0.29, 0.717) is 47.7 Å². The van der Waals surface area contributed by atoms with Gasteiger partial charge in [0.15, 0.2) is 0 Å². The molecule has 0 aromatic heterocycles. The molecule has 13 nitrogen and oxygen atoms in total. The van der Waals surface area contributed by atoms with Crippen molar-refractivity contribution in [3.63, 3.8) is 0 Å². The first-order valence-electron chi connectivity index (χ1n) is 17.8. The highest BCUT2D eigenvalue weighted by atomic mass is 35.5. The van der Waals surface area contributed by atoms with E-state index in [-0.39, 0.29) is 36.9 Å². The Kier molecular flexibility index (Phi) is 12.9. The average molecular weight is 753 g/mol. The summed E-state index contributed by atoms with van der Waals surface area (Å²) in [4.78, 5) is 50.9. The molecule has 6 rings (SSSR count). The molecule has 2 aromatic rings. The number of ether oxygens (including phenoxy) is 3. The summed E-state index contributed by atoms with van der Waals surface area (Å²) in [6.45, 7) is 5.23. The van der Waals surface area contributed by atoms with Gasteiger partial charge in [-0.05, 0) is 80.6 Å². The van der Waals surface area contributed by atoms with Crippen molar-refractivity contribution in [3.8, 4) is 5.75 Å². The van der Waals surface area contributed by atoms with Crippen LogP contribution >= 0.6 is 11.6 Å². The molecule has 0 saturated carbocycles. The molecule has 2 saturated heterocycles. The lowest BCUT2D eigenvalue weighted by Gasteiger charge is -2.36. The Hall–Kier alpha value is -4.43. The number of alkyl carbamates (subject to hydrolysis) is 1. The van der Waals surface area contributed by atoms with Crippen molar-refractivity contribution in [2.24, 2.45) is 0 Å². The number of aliphatic carboxylic acids is 1. The standard InChI is InChI=1S/C25H31ClN2O6.C14H18N2O3/c1-15-6-4-5-9-25(31)14-17(33-24(30)27-25)13-20-19(34-20)7-8-22(29)28(2)18-11-16(10-15)12-21(32-3)23(18)26;1-9(14(18)19)16(2)13(17)11-3-4-12-8-15-6-5-10(12)7-11/h4-6,11-12,17,19-20,31H,7-10,13-14H2,1-3H3,(H,27,30);3-4,7,9,15H,5-6,8H2,1-2H3,(H,18,19)/b5-4+,15-6+;/t17?,19?,20-,25+;9-/m00/s1. The molecule has 4 aliphatic heterocycles. The minimum atomic E-state index is -1.37. The van der Waals surface area contributed by atoms with E-state index in [1.165, 1.54) is 30.0 Å². The molecular weight excluding hydrogens is 704 g/mol. The average Bonchev–Trinajstić information content (AvgIpc) is 3.88. The maximum Gasteiger partial charge on any atom is 0.409 e. The second-order valence-electron chi connectivity index (χ2n) is 14.1. The van der Waals surface area contributed by atoms with Gasteiger partial charge in [-0.1, -0.05) is 41.5 Å². The van der Waals surface area contributed by atoms with E-state index in [1.807, 2.05) is 49.4 Å². The fraction of sp³-hybridized carbons (Fsp3) is 0.487. The van der Waals surface area contributed by atoms with Gasteiger partial charge in [-0.15, -0.1) is 0 Å². The number of carbonyl (C=O) groups is 4. The normalized spacial score (nSPS) is 26.4. The third kappa shape index (κ3) is 10.2. The van der Waals surface area contributed by atoms with Crippen LogP contribution in [0, 0.1) is 0 Å². The van der Waals surface area contributed by atoms with E-state index in [0.717, 1.165) is 30.6 Å². The Morgan fingerprint density at radius 1 is 1.15 bits per heavy atom. The van der Waals surface area contributed by atoms with Gasteiger partial charge in [-0.3, -0.25) is 14.9 Å². The smallest absolute Gasteiger partial charge is 0.409 e. The van der Waals surface area contributed by atoms with Gasteiger partial charge in [0, 0.05) is 51.9 Å². The monoisotopic (exact) mass is 752 g/mol. The topological polar surface area (TPSA) is 170 Å². The lowest BCUT2D eigenvalue weighted by molar-refractivity contribution is -0.141. The third-order valence-corrected chi connectivity index (χ3v) is 10.5. The number of amides is 3. The predicted molar refractivity (Wildman–Crippen MR) is 199 cm³/mol. The number of allylic oxidation sites excluding steroid dienone is 3. The summed E-state index contributed by atoms with van der Waals surface area (Å²) < 4.78 is 16.5. The number of epoxide rings is 1. The summed E-state index contributed by atoms with van der Waals surface area (Å²) in [6, 6.07) is 8.53. The fourth-order valence-electron chi connectivity index (χ4n) is 6.74. The van der Waals surface area contributed by atoms with Gasteiger partial charge < -0.3 is 39.5 Å². The van der Waals surface area contributed by atoms with E-state index >= 15 is 0 Å². The van der Waals surface area contributed by atoms with Crippen LogP contribution in [0.1, 0.15) is 73.0 Å². The summed E-state index contributed by atoms with van der Waals surface area (Å²) in [5.74, 6) is -0.820. The van der Waals surface area contributed by atoms with Gasteiger partial charge in [0.1, 0.15) is 28.6 Å². The zero-order valence-electron chi connectivity index (χ0n) is 30.8. The Morgan fingerprint density at radius 2 is 1.92 bits per heavy atom. The van der Waals surface area contributed by atoms with Crippen LogP contribution < -0.4 is 20.3 Å². The molecule has 2 fully saturated rings. The van der Waals surface area contributed by atoms with Crippen molar-refractivity contribution in [2.75, 3.05) is 32.6 Å². The quantitative estimate of drug-likeness (QED) is 0.320. The van der Waals surface area contributed by atoms with E-state index in [9.17, 15) is 24.3 Å². The highest BCUT2D eigenvalue weighted by Crippen LogP contribution is 2.38. The Balaban J connectivity index is 0.000000241. The van der Waals surface area contributed by atoms with Gasteiger partial charge in [0.2, 0.25) is 5.91 Å². The maximum absolute atomic E-state index is 12.9. The number of carbonyl (C=O) groups excluding carboxylic acids is 3. The van der Waals surface area contributed by atoms with E-state index < -0.39 is 29.9 Å². The van der Waals surface area contributed by atoms with Crippen LogP contribution in [-0.2, 0) is 38.4 Å². The molecule has 286 valence electrons. The van der Waals surface area contributed by atoms with E-state index in [4.69, 9.17) is 30.9 Å². The van der Waals surface area contributed by atoms with Gasteiger partial charge >= 0.3 is 12.1 Å². The number of likely N-dealkylation sites (N-methyl/N-ethyl adjacent to an activating group) is 1. The number of anilines is 1. The van der Waals surface area contributed by atoms with Crippen LogP contribution in [-0.4, -0.2) is 96.8 Å². The first-order chi connectivity index (χ1) is 25.2. The molecular formula is C39H49ClN4O9. The van der Waals surface area contributed by atoms with Crippen molar-refractivity contribution in [2.45, 2.75) is 95.4 Å². The van der Waals surface area contributed by atoms with Crippen LogP contribution in [0.15, 0.2) is 54.1 Å². The van der Waals surface area contributed by atoms with Crippen LogP contribution in [0.4, 0.5) is 10.5 Å². The second kappa shape index (κ2) is 17.1. The number of fused-ring (bicyclic) bond motifs is 6. The number of carboxylic acids is 1. The highest BCUT2D eigenvalue weighted by Gasteiger charge is 2.45. The van der Waals surface area contributed by atoms with E-state index in [1.54, 1.807) is 25.1 Å². The van der Waals surface area contributed by atoms with Gasteiger partial charge in [0.25, 0.3) is 5.91 Å². The van der Waals surface area contributed by atoms with Crippen molar-refractivity contribution in [3.05, 3.63) is 81.4 Å². The third-order valence-electron chi connectivity index (χ3n) is 10.1. The first kappa shape index (κ1) is 39.8. The number of benzene rings is 2. The minimum absolute atomic E-state index is 0.0777. The highest BCUT2D eigenvalue weighted by molar-refractivity contribution is 6.35. The van der Waals surface area contributed by atoms with Crippen LogP contribution in [0.5, 0.6) is 5.75 Å². The summed E-state index contributed by atoms with van der Waals surface area (Å²) in [5.41, 5.74) is 4.18. The molecule has 0 spiro atoms. The van der Waals surface area contributed by atoms with Gasteiger partial charge in [0.05, 0.1) is 25.0 Å². The second-order valence-corrected chi connectivity index (χ2v) is 14.5. The lowest BCUT2D eigenvalue weighted by atomic mass is 9.96. The van der Waals surface area contributed by atoms with Gasteiger partial charge in [-0.2, -0.15) is 0 Å². The number of rotatable bonds is 4. The summed E-state index contributed by atoms with van der Waals surface area (Å²) in [7, 11) is 4.78. The van der Waals surface area contributed by atoms with Crippen LogP contribution in [0.2, 0.25) is 5.02 Å². The van der Waals surface area contributed by atoms with Crippen LogP contribution in [0.25, 0.3) is 0 Å². The summed E-state index contributed by atoms with van der Waals surface area (Å²) in [5, 5.41) is 26.0. The molecule has 4 aliphatic rings. The number of nitrogens with one attached hydrogen (secondary N) is 2. The zero-order valence-corrected chi connectivity index (χ0v) is 31.6. The number of carboxylic acid groups (broad SMARTS) is 1. The molecule has 2 unspecified atom stereocenters. The molecule has 4 N–H and O–H groups in total. The Morgan fingerprint density at radius 3 is 2.66 bits per heavy atom.